The third kappa shape index (κ3) is 5.83. The Morgan fingerprint density at radius 1 is 1.15 bits per heavy atom. The van der Waals surface area contributed by atoms with Gasteiger partial charge in [-0.15, -0.1) is 0 Å². The van der Waals surface area contributed by atoms with Crippen LogP contribution in [-0.2, 0) is 32.6 Å². The molecule has 0 unspecified atom stereocenters. The van der Waals surface area contributed by atoms with Gasteiger partial charge < -0.3 is 9.47 Å². The van der Waals surface area contributed by atoms with Crippen LogP contribution in [0.25, 0.3) is 0 Å². The van der Waals surface area contributed by atoms with Crippen LogP contribution in [0.3, 0.4) is 0 Å². The monoisotopic (exact) mass is 421 g/mol. The molecule has 2 aliphatic heterocycles. The highest BCUT2D eigenvalue weighted by atomic mass is 35.5. The van der Waals surface area contributed by atoms with Gasteiger partial charge in [-0.3, -0.25) is 4.90 Å². The lowest BCUT2D eigenvalue weighted by molar-refractivity contribution is 0.0342. The van der Waals surface area contributed by atoms with Crippen LogP contribution in [0.4, 0.5) is 4.39 Å². The molecule has 2 aliphatic rings. The first-order chi connectivity index (χ1) is 13.0. The van der Waals surface area contributed by atoms with Gasteiger partial charge in [-0.1, -0.05) is 17.7 Å². The number of hydrogen-bond acceptors (Lipinski definition) is 6. The number of hydrazine groups is 1. The number of rotatable bonds is 7. The second-order valence-corrected chi connectivity index (χ2v) is 9.12. The Kier molecular flexibility index (Phi) is 7.43. The highest BCUT2D eigenvalue weighted by Crippen LogP contribution is 2.22. The van der Waals surface area contributed by atoms with E-state index in [1.165, 1.54) is 0 Å². The van der Waals surface area contributed by atoms with Crippen molar-refractivity contribution in [2.45, 2.75) is 31.2 Å². The molecule has 10 heteroatoms. The number of ether oxygens (including phenoxy) is 2. The fraction of sp³-hybridized carbons (Fsp3) is 0.647. The van der Waals surface area contributed by atoms with Crippen LogP contribution in [0.15, 0.2) is 12.1 Å². The fourth-order valence-electron chi connectivity index (χ4n) is 3.25. The average molecular weight is 422 g/mol. The van der Waals surface area contributed by atoms with Gasteiger partial charge in [0, 0.05) is 45.0 Å². The van der Waals surface area contributed by atoms with E-state index >= 15 is 0 Å². The van der Waals surface area contributed by atoms with Crippen molar-refractivity contribution in [3.8, 4) is 0 Å². The van der Waals surface area contributed by atoms with Gasteiger partial charge in [0.15, 0.2) is 0 Å². The second-order valence-electron chi connectivity index (χ2n) is 6.75. The Balaban J connectivity index is 1.60. The standard InChI is InChI=1S/C17H25ClFN3O4S/c18-16-10-13(12-22-3-7-26-8-4-22)9-14(17(16)19)11-20-21-27(23,24)15-1-5-25-6-2-15/h9-10,15,20-21H,1-8,11-12H2. The molecule has 3 rings (SSSR count). The molecular formula is C17H25ClFN3O4S. The molecule has 0 bridgehead atoms. The molecule has 27 heavy (non-hydrogen) atoms. The highest BCUT2D eigenvalue weighted by molar-refractivity contribution is 7.90. The lowest BCUT2D eigenvalue weighted by Crippen LogP contribution is -2.44. The number of nitrogens with zero attached hydrogens (tertiary/aromatic N) is 1. The van der Waals surface area contributed by atoms with Crippen molar-refractivity contribution >= 4 is 21.6 Å². The quantitative estimate of drug-likeness (QED) is 0.648. The molecule has 0 atom stereocenters. The molecule has 0 radical (unpaired) electrons. The Hall–Kier alpha value is -0.810. The lowest BCUT2D eigenvalue weighted by Gasteiger charge is -2.27. The smallest absolute Gasteiger partial charge is 0.227 e. The minimum Gasteiger partial charge on any atom is -0.381 e. The van der Waals surface area contributed by atoms with Gasteiger partial charge in [0.05, 0.1) is 23.5 Å². The summed E-state index contributed by atoms with van der Waals surface area (Å²) in [6.45, 7) is 4.49. The van der Waals surface area contributed by atoms with E-state index in [0.717, 1.165) is 18.7 Å². The van der Waals surface area contributed by atoms with E-state index < -0.39 is 21.1 Å². The van der Waals surface area contributed by atoms with Crippen molar-refractivity contribution in [2.75, 3.05) is 39.5 Å². The van der Waals surface area contributed by atoms with E-state index in [4.69, 9.17) is 21.1 Å². The van der Waals surface area contributed by atoms with E-state index in [1.807, 2.05) is 0 Å². The lowest BCUT2D eigenvalue weighted by atomic mass is 10.1. The third-order valence-corrected chi connectivity index (χ3v) is 6.83. The maximum Gasteiger partial charge on any atom is 0.227 e. The minimum absolute atomic E-state index is 0.00492. The van der Waals surface area contributed by atoms with E-state index in [2.05, 4.69) is 15.2 Å². The summed E-state index contributed by atoms with van der Waals surface area (Å²) in [5.41, 5.74) is 3.83. The van der Waals surface area contributed by atoms with Gasteiger partial charge in [-0.05, 0) is 24.5 Å². The predicted molar refractivity (Wildman–Crippen MR) is 100 cm³/mol. The number of morpholine rings is 1. The van der Waals surface area contributed by atoms with Crippen LogP contribution in [0.1, 0.15) is 24.0 Å². The molecule has 0 saturated carbocycles. The second kappa shape index (κ2) is 9.60. The van der Waals surface area contributed by atoms with Crippen molar-refractivity contribution < 1.29 is 22.3 Å². The maximum absolute atomic E-state index is 14.3. The third-order valence-electron chi connectivity index (χ3n) is 4.77. The molecule has 0 amide bonds. The van der Waals surface area contributed by atoms with Gasteiger partial charge in [0.25, 0.3) is 0 Å². The number of halogens is 2. The SMILES string of the molecule is O=S(=O)(NNCc1cc(CN2CCOCC2)cc(Cl)c1F)C1CCOCC1. The van der Waals surface area contributed by atoms with Crippen LogP contribution in [0.2, 0.25) is 5.02 Å². The van der Waals surface area contributed by atoms with Crippen molar-refractivity contribution in [2.24, 2.45) is 0 Å². The number of nitrogens with one attached hydrogen (secondary N) is 2. The van der Waals surface area contributed by atoms with E-state index in [9.17, 15) is 12.8 Å². The predicted octanol–water partition coefficient (Wildman–Crippen LogP) is 1.41. The Labute approximate surface area is 164 Å². The van der Waals surface area contributed by atoms with Crippen LogP contribution in [0.5, 0.6) is 0 Å². The molecule has 0 aliphatic carbocycles. The normalized spacial score (nSPS) is 20.1. The summed E-state index contributed by atoms with van der Waals surface area (Å²) >= 11 is 6.03. The maximum atomic E-state index is 14.3. The highest BCUT2D eigenvalue weighted by Gasteiger charge is 2.27. The van der Waals surface area contributed by atoms with Crippen molar-refractivity contribution in [3.05, 3.63) is 34.1 Å². The summed E-state index contributed by atoms with van der Waals surface area (Å²) in [7, 11) is -3.53. The molecule has 1 aromatic carbocycles. The van der Waals surface area contributed by atoms with Gasteiger partial charge in [-0.25, -0.2) is 18.2 Å². The fourth-order valence-corrected chi connectivity index (χ4v) is 4.76. The van der Waals surface area contributed by atoms with Crippen molar-refractivity contribution in [1.29, 1.82) is 0 Å². The summed E-state index contributed by atoms with van der Waals surface area (Å²) < 4.78 is 49.4. The van der Waals surface area contributed by atoms with Gasteiger partial charge >= 0.3 is 0 Å². The van der Waals surface area contributed by atoms with E-state index in [-0.39, 0.29) is 11.6 Å². The summed E-state index contributed by atoms with van der Waals surface area (Å²) in [6, 6.07) is 3.33. The molecule has 2 fully saturated rings. The number of hydrogen-bond donors (Lipinski definition) is 2. The molecule has 2 N–H and O–H groups in total. The number of sulfonamides is 1. The Morgan fingerprint density at radius 2 is 1.81 bits per heavy atom. The zero-order valence-electron chi connectivity index (χ0n) is 15.0. The largest absolute Gasteiger partial charge is 0.381 e. The summed E-state index contributed by atoms with van der Waals surface area (Å²) in [4.78, 5) is 4.56. The van der Waals surface area contributed by atoms with Gasteiger partial charge in [-0.2, -0.15) is 4.83 Å². The molecule has 2 saturated heterocycles. The molecule has 152 valence electrons. The van der Waals surface area contributed by atoms with Gasteiger partial charge in [0.2, 0.25) is 10.0 Å². The molecule has 1 aromatic rings. The first kappa shape index (κ1) is 20.9. The summed E-state index contributed by atoms with van der Waals surface area (Å²) in [5, 5.41) is -0.468. The summed E-state index contributed by atoms with van der Waals surface area (Å²) in [5.74, 6) is -0.542. The van der Waals surface area contributed by atoms with Crippen LogP contribution in [0, 0.1) is 5.82 Å². The molecule has 0 spiro atoms. The molecule has 2 heterocycles. The van der Waals surface area contributed by atoms with Crippen molar-refractivity contribution in [1.82, 2.24) is 15.2 Å². The van der Waals surface area contributed by atoms with E-state index in [1.54, 1.807) is 12.1 Å². The van der Waals surface area contributed by atoms with Crippen molar-refractivity contribution in [3.63, 3.8) is 0 Å². The molecular weight excluding hydrogens is 397 g/mol. The Bertz CT molecular complexity index is 738. The first-order valence-corrected chi connectivity index (χ1v) is 11.0. The number of benzene rings is 1. The first-order valence-electron chi connectivity index (χ1n) is 9.04. The van der Waals surface area contributed by atoms with Crippen LogP contribution >= 0.6 is 11.6 Å². The molecule has 0 aromatic heterocycles. The Morgan fingerprint density at radius 3 is 2.52 bits per heavy atom. The van der Waals surface area contributed by atoms with Crippen LogP contribution < -0.4 is 10.3 Å². The minimum atomic E-state index is -3.53. The summed E-state index contributed by atoms with van der Waals surface area (Å²) in [6.07, 6.45) is 0.901. The zero-order chi connectivity index (χ0) is 19.3. The average Bonchev–Trinajstić information content (AvgIpc) is 2.67. The molecule has 7 nitrogen and oxygen atoms in total. The van der Waals surface area contributed by atoms with Gasteiger partial charge in [0.1, 0.15) is 5.82 Å². The van der Waals surface area contributed by atoms with Crippen LogP contribution in [-0.4, -0.2) is 58.1 Å². The van der Waals surface area contributed by atoms with E-state index in [0.29, 0.717) is 51.4 Å². The topological polar surface area (TPSA) is 79.9 Å². The zero-order valence-corrected chi connectivity index (χ0v) is 16.6.